The van der Waals surface area contributed by atoms with E-state index in [1.54, 1.807) is 13.8 Å². The molecule has 0 aliphatic rings. The quantitative estimate of drug-likeness (QED) is 0.452. The van der Waals surface area contributed by atoms with Crippen LogP contribution >= 0.6 is 0 Å². The molecule has 0 bridgehead atoms. The Labute approximate surface area is 110 Å². The topological polar surface area (TPSA) is 78.9 Å². The van der Waals surface area contributed by atoms with Crippen molar-refractivity contribution in [3.8, 4) is 5.75 Å². The summed E-state index contributed by atoms with van der Waals surface area (Å²) in [5, 5.41) is 0. The van der Waals surface area contributed by atoms with Gasteiger partial charge in [0.15, 0.2) is 6.29 Å². The van der Waals surface area contributed by atoms with Crippen LogP contribution in [0.2, 0.25) is 0 Å². The van der Waals surface area contributed by atoms with Gasteiger partial charge in [-0.1, -0.05) is 3.89 Å². The van der Waals surface area contributed by atoms with Crippen molar-refractivity contribution in [2.24, 2.45) is 0 Å². The molecule has 0 spiro atoms. The molecule has 1 atom stereocenters. The van der Waals surface area contributed by atoms with Crippen LogP contribution in [0, 0.1) is 0 Å². The molecule has 106 valence electrons. The Hall–Kier alpha value is -1.67. The van der Waals surface area contributed by atoms with E-state index in [9.17, 15) is 17.1 Å². The zero-order valence-corrected chi connectivity index (χ0v) is 11.1. The zero-order valence-electron chi connectivity index (χ0n) is 10.3. The zero-order chi connectivity index (χ0) is 14.5. The number of esters is 1. The van der Waals surface area contributed by atoms with Gasteiger partial charge in [-0.2, -0.15) is 8.42 Å². The SMILES string of the molecule is CCOC(C)OC(=O)c1ccc(OS(=O)(=O)F)cc1. The van der Waals surface area contributed by atoms with Gasteiger partial charge in [0.05, 0.1) is 5.56 Å². The number of ether oxygens (including phenoxy) is 2. The second kappa shape index (κ2) is 6.48. The number of hydrogen-bond acceptors (Lipinski definition) is 6. The van der Waals surface area contributed by atoms with Crippen LogP contribution < -0.4 is 4.18 Å². The summed E-state index contributed by atoms with van der Waals surface area (Å²) in [7, 11) is -5.07. The van der Waals surface area contributed by atoms with Gasteiger partial charge in [0.2, 0.25) is 0 Å². The molecule has 0 heterocycles. The average Bonchev–Trinajstić information content (AvgIpc) is 2.27. The van der Waals surface area contributed by atoms with Crippen LogP contribution in [0.1, 0.15) is 24.2 Å². The highest BCUT2D eigenvalue weighted by Crippen LogP contribution is 2.16. The highest BCUT2D eigenvalue weighted by Gasteiger charge is 2.13. The molecule has 0 N–H and O–H groups in total. The summed E-state index contributed by atoms with van der Waals surface area (Å²) in [6.07, 6.45) is -0.695. The lowest BCUT2D eigenvalue weighted by Gasteiger charge is -2.12. The molecule has 0 saturated heterocycles. The van der Waals surface area contributed by atoms with Crippen molar-refractivity contribution in [3.63, 3.8) is 0 Å². The van der Waals surface area contributed by atoms with E-state index in [-0.39, 0.29) is 11.3 Å². The monoisotopic (exact) mass is 292 g/mol. The normalized spacial score (nSPS) is 12.8. The van der Waals surface area contributed by atoms with Crippen LogP contribution in [0.25, 0.3) is 0 Å². The molecule has 0 radical (unpaired) electrons. The third-order valence-electron chi connectivity index (χ3n) is 1.96. The molecule has 1 aromatic rings. The minimum atomic E-state index is -5.07. The lowest BCUT2D eigenvalue weighted by molar-refractivity contribution is -0.0940. The predicted molar refractivity (Wildman–Crippen MR) is 63.6 cm³/mol. The maximum absolute atomic E-state index is 12.2. The predicted octanol–water partition coefficient (Wildman–Crippen LogP) is 1.82. The molecule has 0 aromatic heterocycles. The van der Waals surface area contributed by atoms with Gasteiger partial charge in [0.25, 0.3) is 0 Å². The van der Waals surface area contributed by atoms with E-state index in [0.717, 1.165) is 12.1 Å². The Morgan fingerprint density at radius 2 is 1.89 bits per heavy atom. The van der Waals surface area contributed by atoms with E-state index in [1.165, 1.54) is 12.1 Å². The van der Waals surface area contributed by atoms with E-state index in [2.05, 4.69) is 4.18 Å². The third-order valence-corrected chi connectivity index (χ3v) is 2.35. The van der Waals surface area contributed by atoms with Crippen molar-refractivity contribution in [1.82, 2.24) is 0 Å². The first-order chi connectivity index (χ1) is 8.81. The summed E-state index contributed by atoms with van der Waals surface area (Å²) in [6, 6.07) is 4.78. The highest BCUT2D eigenvalue weighted by molar-refractivity contribution is 7.81. The lowest BCUT2D eigenvalue weighted by Crippen LogP contribution is -2.18. The second-order valence-electron chi connectivity index (χ2n) is 3.43. The summed E-state index contributed by atoms with van der Waals surface area (Å²) in [5.74, 6) is -0.882. The Bertz CT molecular complexity index is 525. The smallest absolute Gasteiger partial charge is 0.432 e. The second-order valence-corrected chi connectivity index (χ2v) is 4.38. The van der Waals surface area contributed by atoms with E-state index < -0.39 is 22.8 Å². The molecule has 0 amide bonds. The number of rotatable bonds is 6. The number of halogens is 1. The molecule has 0 aliphatic carbocycles. The standard InChI is InChI=1S/C11H13FO6S/c1-3-16-8(2)17-11(13)9-4-6-10(7-5-9)18-19(12,14)15/h4-8H,3H2,1-2H3. The van der Waals surface area contributed by atoms with Crippen molar-refractivity contribution < 1.29 is 30.8 Å². The van der Waals surface area contributed by atoms with Gasteiger partial charge in [-0.25, -0.2) is 4.79 Å². The van der Waals surface area contributed by atoms with Crippen LogP contribution in [0.15, 0.2) is 24.3 Å². The fraction of sp³-hybridized carbons (Fsp3) is 0.364. The van der Waals surface area contributed by atoms with Gasteiger partial charge in [0, 0.05) is 6.61 Å². The maximum atomic E-state index is 12.2. The van der Waals surface area contributed by atoms with Gasteiger partial charge in [-0.15, -0.1) is 0 Å². The van der Waals surface area contributed by atoms with Crippen LogP contribution in [-0.4, -0.2) is 27.3 Å². The summed E-state index contributed by atoms with van der Waals surface area (Å²) in [6.45, 7) is 3.72. The number of carbonyl (C=O) groups is 1. The molecule has 0 saturated carbocycles. The molecular weight excluding hydrogens is 279 g/mol. The molecule has 1 unspecified atom stereocenters. The van der Waals surface area contributed by atoms with Gasteiger partial charge < -0.3 is 13.7 Å². The summed E-state index contributed by atoms with van der Waals surface area (Å²) >= 11 is 0. The van der Waals surface area contributed by atoms with E-state index in [4.69, 9.17) is 9.47 Å². The molecular formula is C11H13FO6S. The lowest BCUT2D eigenvalue weighted by atomic mass is 10.2. The number of hydrogen-bond donors (Lipinski definition) is 0. The van der Waals surface area contributed by atoms with E-state index in [0.29, 0.717) is 6.61 Å². The Morgan fingerprint density at radius 1 is 1.32 bits per heavy atom. The summed E-state index contributed by atoms with van der Waals surface area (Å²) < 4.78 is 46.6. The number of carbonyl (C=O) groups excluding carboxylic acids is 1. The molecule has 6 nitrogen and oxygen atoms in total. The van der Waals surface area contributed by atoms with E-state index in [1.807, 2.05) is 0 Å². The fourth-order valence-electron chi connectivity index (χ4n) is 1.25. The van der Waals surface area contributed by atoms with Gasteiger partial charge in [-0.05, 0) is 38.1 Å². The highest BCUT2D eigenvalue weighted by atomic mass is 32.3. The summed E-state index contributed by atoms with van der Waals surface area (Å²) in [5.41, 5.74) is 0.162. The average molecular weight is 292 g/mol. The van der Waals surface area contributed by atoms with Crippen molar-refractivity contribution in [3.05, 3.63) is 29.8 Å². The molecule has 0 aliphatic heterocycles. The first-order valence-corrected chi connectivity index (χ1v) is 6.69. The maximum Gasteiger partial charge on any atom is 0.488 e. The fourth-order valence-corrected chi connectivity index (χ4v) is 1.59. The van der Waals surface area contributed by atoms with E-state index >= 15 is 0 Å². The van der Waals surface area contributed by atoms with Crippen molar-refractivity contribution >= 4 is 16.5 Å². The van der Waals surface area contributed by atoms with Gasteiger partial charge >= 0.3 is 16.5 Å². The van der Waals surface area contributed by atoms with Crippen molar-refractivity contribution in [1.29, 1.82) is 0 Å². The Morgan fingerprint density at radius 3 is 2.37 bits per heavy atom. The Balaban J connectivity index is 2.68. The van der Waals surface area contributed by atoms with Gasteiger partial charge in [-0.3, -0.25) is 0 Å². The largest absolute Gasteiger partial charge is 0.488 e. The summed E-state index contributed by atoms with van der Waals surface area (Å²) in [4.78, 5) is 11.6. The molecule has 0 fully saturated rings. The minimum Gasteiger partial charge on any atom is -0.432 e. The van der Waals surface area contributed by atoms with Crippen LogP contribution in [0.4, 0.5) is 3.89 Å². The molecule has 8 heteroatoms. The first kappa shape index (κ1) is 15.4. The molecule has 1 aromatic carbocycles. The minimum absolute atomic E-state index is 0.162. The first-order valence-electron chi connectivity index (χ1n) is 5.38. The number of benzene rings is 1. The van der Waals surface area contributed by atoms with Crippen LogP contribution in [-0.2, 0) is 20.0 Å². The van der Waals surface area contributed by atoms with Crippen molar-refractivity contribution in [2.45, 2.75) is 20.1 Å². The van der Waals surface area contributed by atoms with Gasteiger partial charge in [0.1, 0.15) is 5.75 Å². The third kappa shape index (κ3) is 5.66. The molecule has 1 rings (SSSR count). The van der Waals surface area contributed by atoms with Crippen molar-refractivity contribution in [2.75, 3.05) is 6.61 Å². The van der Waals surface area contributed by atoms with Crippen LogP contribution in [0.3, 0.4) is 0 Å². The molecule has 19 heavy (non-hydrogen) atoms. The Kier molecular flexibility index (Phi) is 5.25. The van der Waals surface area contributed by atoms with Crippen LogP contribution in [0.5, 0.6) is 5.75 Å².